The molecular weight excluding hydrogens is 414 g/mol. The minimum absolute atomic E-state index is 0.149. The minimum atomic E-state index is -3.58. The molecule has 0 saturated carbocycles. The molecule has 2 aromatic rings. The third-order valence-electron chi connectivity index (χ3n) is 5.68. The fourth-order valence-corrected chi connectivity index (χ4v) is 5.43. The Bertz CT molecular complexity index is 991. The van der Waals surface area contributed by atoms with E-state index in [-0.39, 0.29) is 22.4 Å². The van der Waals surface area contributed by atoms with E-state index >= 15 is 0 Å². The van der Waals surface area contributed by atoms with E-state index in [2.05, 4.69) is 36.4 Å². The first kappa shape index (κ1) is 23.3. The van der Waals surface area contributed by atoms with Crippen molar-refractivity contribution in [3.63, 3.8) is 0 Å². The number of urea groups is 1. The quantitative estimate of drug-likeness (QED) is 0.707. The highest BCUT2D eigenvalue weighted by molar-refractivity contribution is 7.89. The number of anilines is 1. The second kappa shape index (κ2) is 9.40. The average molecular weight is 448 g/mol. The van der Waals surface area contributed by atoms with Gasteiger partial charge < -0.3 is 15.2 Å². The van der Waals surface area contributed by atoms with Crippen LogP contribution in [0.25, 0.3) is 0 Å². The van der Waals surface area contributed by atoms with Crippen molar-refractivity contribution in [2.45, 2.75) is 64.4 Å². The summed E-state index contributed by atoms with van der Waals surface area (Å²) in [5.41, 5.74) is 0.940. The van der Waals surface area contributed by atoms with E-state index in [0.29, 0.717) is 30.9 Å². The van der Waals surface area contributed by atoms with E-state index in [1.54, 1.807) is 42.0 Å². The number of benzene rings is 1. The predicted octanol–water partition coefficient (Wildman–Crippen LogP) is 3.60. The molecule has 1 aliphatic heterocycles. The van der Waals surface area contributed by atoms with E-state index in [1.165, 1.54) is 0 Å². The molecule has 2 N–H and O–H groups in total. The molecule has 0 aliphatic carbocycles. The van der Waals surface area contributed by atoms with E-state index in [1.807, 2.05) is 10.8 Å². The highest BCUT2D eigenvalue weighted by Gasteiger charge is 2.29. The summed E-state index contributed by atoms with van der Waals surface area (Å²) in [6.07, 6.45) is 8.09. The van der Waals surface area contributed by atoms with E-state index in [9.17, 15) is 13.2 Å². The Morgan fingerprint density at radius 2 is 1.90 bits per heavy atom. The van der Waals surface area contributed by atoms with Crippen LogP contribution in [-0.4, -0.2) is 47.4 Å². The number of carbonyl (C=O) groups is 1. The summed E-state index contributed by atoms with van der Waals surface area (Å²) < 4.78 is 29.7. The number of piperidine rings is 1. The van der Waals surface area contributed by atoms with Gasteiger partial charge in [0.1, 0.15) is 0 Å². The van der Waals surface area contributed by atoms with Crippen LogP contribution in [0.2, 0.25) is 0 Å². The van der Waals surface area contributed by atoms with Crippen LogP contribution in [0.4, 0.5) is 10.5 Å². The minimum Gasteiger partial charge on any atom is -0.335 e. The summed E-state index contributed by atoms with van der Waals surface area (Å²) >= 11 is 0. The molecule has 170 valence electrons. The van der Waals surface area contributed by atoms with Gasteiger partial charge in [-0.3, -0.25) is 0 Å². The van der Waals surface area contributed by atoms with Gasteiger partial charge in [-0.25, -0.2) is 18.2 Å². The summed E-state index contributed by atoms with van der Waals surface area (Å²) in [7, 11) is -3.58. The van der Waals surface area contributed by atoms with Crippen LogP contribution in [0, 0.1) is 12.3 Å². The first-order valence-corrected chi connectivity index (χ1v) is 12.2. The second-order valence-corrected chi connectivity index (χ2v) is 11.1. The summed E-state index contributed by atoms with van der Waals surface area (Å²) in [6, 6.07) is 4.50. The number of sulfonamides is 1. The van der Waals surface area contributed by atoms with Gasteiger partial charge in [0.25, 0.3) is 0 Å². The smallest absolute Gasteiger partial charge is 0.319 e. The fraction of sp³-hybridized carbons (Fsp3) is 0.545. The van der Waals surface area contributed by atoms with Gasteiger partial charge in [-0.15, -0.1) is 0 Å². The molecule has 1 aromatic carbocycles. The van der Waals surface area contributed by atoms with Crippen molar-refractivity contribution in [2.75, 3.05) is 18.4 Å². The van der Waals surface area contributed by atoms with Crippen molar-refractivity contribution in [3.8, 4) is 0 Å². The number of nitrogens with one attached hydrogen (secondary N) is 2. The molecule has 1 atom stereocenters. The van der Waals surface area contributed by atoms with Crippen molar-refractivity contribution in [1.82, 2.24) is 19.2 Å². The van der Waals surface area contributed by atoms with Gasteiger partial charge in [0.15, 0.2) is 0 Å². The lowest BCUT2D eigenvalue weighted by atomic mass is 9.86. The van der Waals surface area contributed by atoms with Crippen LogP contribution in [0.3, 0.4) is 0 Å². The lowest BCUT2D eigenvalue weighted by Gasteiger charge is -2.31. The molecule has 0 radical (unpaired) electrons. The Kier molecular flexibility index (Phi) is 7.06. The topological polar surface area (TPSA) is 96.3 Å². The highest BCUT2D eigenvalue weighted by atomic mass is 32.2. The molecule has 0 spiro atoms. The third-order valence-corrected chi connectivity index (χ3v) is 7.72. The highest BCUT2D eigenvalue weighted by Crippen LogP contribution is 2.26. The number of aromatic nitrogens is 2. The molecule has 2 amide bonds. The number of amides is 2. The zero-order valence-corrected chi connectivity index (χ0v) is 19.6. The van der Waals surface area contributed by atoms with Crippen molar-refractivity contribution in [2.24, 2.45) is 5.41 Å². The van der Waals surface area contributed by atoms with Gasteiger partial charge in [0.05, 0.1) is 17.3 Å². The summed E-state index contributed by atoms with van der Waals surface area (Å²) in [4.78, 5) is 17.0. The number of aryl methyl sites for hydroxylation is 1. The van der Waals surface area contributed by atoms with Crippen LogP contribution in [-0.2, 0) is 16.6 Å². The van der Waals surface area contributed by atoms with E-state index in [0.717, 1.165) is 19.3 Å². The molecule has 8 nitrogen and oxygen atoms in total. The maximum atomic E-state index is 13.1. The van der Waals surface area contributed by atoms with Crippen LogP contribution in [0.5, 0.6) is 0 Å². The second-order valence-electron chi connectivity index (χ2n) is 9.22. The number of carbonyl (C=O) groups excluding carboxylic acids is 1. The lowest BCUT2D eigenvalue weighted by molar-refractivity contribution is 0.218. The van der Waals surface area contributed by atoms with Crippen molar-refractivity contribution in [3.05, 3.63) is 42.5 Å². The molecule has 0 bridgehead atoms. The maximum absolute atomic E-state index is 13.1. The van der Waals surface area contributed by atoms with Crippen molar-refractivity contribution in [1.29, 1.82) is 0 Å². The Labute approximate surface area is 185 Å². The Hall–Kier alpha value is -2.39. The van der Waals surface area contributed by atoms with Gasteiger partial charge >= 0.3 is 6.03 Å². The molecule has 9 heteroatoms. The summed E-state index contributed by atoms with van der Waals surface area (Å²) in [5.74, 6) is 0. The van der Waals surface area contributed by atoms with E-state index in [4.69, 9.17) is 0 Å². The maximum Gasteiger partial charge on any atom is 0.319 e. The molecule has 1 fully saturated rings. The van der Waals surface area contributed by atoms with Gasteiger partial charge in [0.2, 0.25) is 10.0 Å². The largest absolute Gasteiger partial charge is 0.335 e. The zero-order chi connectivity index (χ0) is 22.6. The predicted molar refractivity (Wildman–Crippen MR) is 121 cm³/mol. The lowest BCUT2D eigenvalue weighted by Crippen LogP contribution is -2.47. The SMILES string of the molecule is Cc1ccc(NC(=O)N[C@H](Cn2ccnc2)C(C)(C)C)cc1S(=O)(=O)N1CCCCC1. The monoisotopic (exact) mass is 447 g/mol. The fourth-order valence-electron chi connectivity index (χ4n) is 3.67. The molecule has 3 rings (SSSR count). The zero-order valence-electron chi connectivity index (χ0n) is 18.8. The molecule has 0 unspecified atom stereocenters. The number of nitrogens with zero attached hydrogens (tertiary/aromatic N) is 3. The average Bonchev–Trinajstić information content (AvgIpc) is 3.22. The van der Waals surface area contributed by atoms with E-state index < -0.39 is 10.0 Å². The van der Waals surface area contributed by atoms with Gasteiger partial charge in [-0.1, -0.05) is 33.3 Å². The molecule has 2 heterocycles. The standard InChI is InChI=1S/C22H33N5O3S/c1-17-8-9-18(14-19(17)31(29,30)27-11-6-5-7-12-27)24-21(28)25-20(22(2,3)4)15-26-13-10-23-16-26/h8-10,13-14,16,20H,5-7,11-12,15H2,1-4H3,(H2,24,25,28)/t20-/m1/s1. The molecule has 1 saturated heterocycles. The van der Waals surface area contributed by atoms with Crippen molar-refractivity contribution < 1.29 is 13.2 Å². The Balaban J connectivity index is 1.74. The van der Waals surface area contributed by atoms with Gasteiger partial charge in [-0.2, -0.15) is 4.31 Å². The summed E-state index contributed by atoms with van der Waals surface area (Å²) in [5, 5.41) is 5.83. The number of hydrogen-bond acceptors (Lipinski definition) is 4. The molecular formula is C22H33N5O3S. The first-order valence-electron chi connectivity index (χ1n) is 10.7. The molecule has 1 aliphatic rings. The first-order chi connectivity index (χ1) is 14.6. The van der Waals surface area contributed by atoms with Gasteiger partial charge in [-0.05, 0) is 42.9 Å². The third kappa shape index (κ3) is 5.86. The summed E-state index contributed by atoms with van der Waals surface area (Å²) in [6.45, 7) is 9.63. The number of hydrogen-bond donors (Lipinski definition) is 2. The van der Waals surface area contributed by atoms with Crippen LogP contribution >= 0.6 is 0 Å². The molecule has 31 heavy (non-hydrogen) atoms. The Morgan fingerprint density at radius 3 is 2.52 bits per heavy atom. The normalized spacial score (nSPS) is 16.6. The van der Waals surface area contributed by atoms with Crippen molar-refractivity contribution >= 4 is 21.7 Å². The number of imidazole rings is 1. The Morgan fingerprint density at radius 1 is 1.19 bits per heavy atom. The van der Waals surface area contributed by atoms with Crippen LogP contribution in [0.1, 0.15) is 45.6 Å². The van der Waals surface area contributed by atoms with Crippen LogP contribution in [0.15, 0.2) is 41.8 Å². The molecule has 1 aromatic heterocycles. The van der Waals surface area contributed by atoms with Crippen LogP contribution < -0.4 is 10.6 Å². The van der Waals surface area contributed by atoms with Gasteiger partial charge in [0, 0.05) is 37.7 Å². The number of rotatable bonds is 6.